The Bertz CT molecular complexity index is 187. The van der Waals surface area contributed by atoms with Gasteiger partial charge in [0.15, 0.2) is 0 Å². The molecule has 1 saturated heterocycles. The molecule has 13 heavy (non-hydrogen) atoms. The van der Waals surface area contributed by atoms with E-state index >= 15 is 0 Å². The molecule has 1 rings (SSSR count). The predicted octanol–water partition coefficient (Wildman–Crippen LogP) is 2.99. The number of allylic oxidation sites excluding steroid dienone is 1. The second kappa shape index (κ2) is 5.23. The third-order valence-corrected chi connectivity index (χ3v) is 2.99. The number of hydrogen-bond acceptors (Lipinski definition) is 1. The highest BCUT2D eigenvalue weighted by molar-refractivity contribution is 5.21. The van der Waals surface area contributed by atoms with E-state index in [1.165, 1.54) is 37.9 Å². The SMILES string of the molecule is C=C/C(=C\C)C(C)N1CCCCC1. The van der Waals surface area contributed by atoms with Crippen LogP contribution in [0.15, 0.2) is 24.3 Å². The van der Waals surface area contributed by atoms with Gasteiger partial charge in [-0.05, 0) is 45.4 Å². The highest BCUT2D eigenvalue weighted by Gasteiger charge is 2.17. The summed E-state index contributed by atoms with van der Waals surface area (Å²) in [5.41, 5.74) is 1.36. The summed E-state index contributed by atoms with van der Waals surface area (Å²) in [6, 6.07) is 0.558. The molecular formula is C12H21N. The van der Waals surface area contributed by atoms with E-state index in [0.717, 1.165) is 0 Å². The summed E-state index contributed by atoms with van der Waals surface area (Å²) < 4.78 is 0. The molecule has 1 aliphatic rings. The molecule has 0 amide bonds. The van der Waals surface area contributed by atoms with E-state index in [1.54, 1.807) is 0 Å². The summed E-state index contributed by atoms with van der Waals surface area (Å²) in [7, 11) is 0. The minimum absolute atomic E-state index is 0.558. The fraction of sp³-hybridized carbons (Fsp3) is 0.667. The van der Waals surface area contributed by atoms with Gasteiger partial charge in [0.25, 0.3) is 0 Å². The lowest BCUT2D eigenvalue weighted by molar-refractivity contribution is 0.196. The molecule has 74 valence electrons. The first-order valence-corrected chi connectivity index (χ1v) is 5.32. The monoisotopic (exact) mass is 179 g/mol. The average Bonchev–Trinajstić information content (AvgIpc) is 2.21. The molecule has 0 aromatic rings. The van der Waals surface area contributed by atoms with E-state index in [2.05, 4.69) is 31.4 Å². The van der Waals surface area contributed by atoms with E-state index in [-0.39, 0.29) is 0 Å². The van der Waals surface area contributed by atoms with Crippen LogP contribution in [0.25, 0.3) is 0 Å². The van der Waals surface area contributed by atoms with E-state index < -0.39 is 0 Å². The van der Waals surface area contributed by atoms with Crippen molar-refractivity contribution in [3.05, 3.63) is 24.3 Å². The zero-order chi connectivity index (χ0) is 9.68. The molecule has 0 aliphatic carbocycles. The van der Waals surface area contributed by atoms with Gasteiger partial charge in [0.05, 0.1) is 0 Å². The molecule has 0 aromatic carbocycles. The summed E-state index contributed by atoms with van der Waals surface area (Å²) in [5, 5.41) is 0. The van der Waals surface area contributed by atoms with Crippen LogP contribution in [0.2, 0.25) is 0 Å². The molecule has 0 N–H and O–H groups in total. The number of piperidine rings is 1. The van der Waals surface area contributed by atoms with Crippen molar-refractivity contribution in [2.24, 2.45) is 0 Å². The second-order valence-corrected chi connectivity index (χ2v) is 3.77. The van der Waals surface area contributed by atoms with Crippen molar-refractivity contribution in [3.8, 4) is 0 Å². The molecule has 1 unspecified atom stereocenters. The zero-order valence-electron chi connectivity index (χ0n) is 8.92. The molecule has 1 nitrogen and oxygen atoms in total. The number of nitrogens with zero attached hydrogens (tertiary/aromatic N) is 1. The summed E-state index contributed by atoms with van der Waals surface area (Å²) >= 11 is 0. The Morgan fingerprint density at radius 3 is 2.38 bits per heavy atom. The quantitative estimate of drug-likeness (QED) is 0.602. The topological polar surface area (TPSA) is 3.24 Å². The van der Waals surface area contributed by atoms with Crippen LogP contribution >= 0.6 is 0 Å². The molecule has 1 aliphatic heterocycles. The normalized spacial score (nSPS) is 22.8. The van der Waals surface area contributed by atoms with Crippen LogP contribution in [0.3, 0.4) is 0 Å². The fourth-order valence-corrected chi connectivity index (χ4v) is 2.05. The van der Waals surface area contributed by atoms with Crippen molar-refractivity contribution in [3.63, 3.8) is 0 Å². The first kappa shape index (κ1) is 10.5. The van der Waals surface area contributed by atoms with Crippen LogP contribution in [0.1, 0.15) is 33.1 Å². The Labute approximate surface area is 82.1 Å². The molecular weight excluding hydrogens is 158 g/mol. The zero-order valence-corrected chi connectivity index (χ0v) is 8.92. The first-order chi connectivity index (χ1) is 6.29. The highest BCUT2D eigenvalue weighted by Crippen LogP contribution is 2.17. The lowest BCUT2D eigenvalue weighted by Gasteiger charge is -2.33. The van der Waals surface area contributed by atoms with Gasteiger partial charge in [-0.2, -0.15) is 0 Å². The van der Waals surface area contributed by atoms with Gasteiger partial charge >= 0.3 is 0 Å². The van der Waals surface area contributed by atoms with E-state index in [0.29, 0.717) is 6.04 Å². The largest absolute Gasteiger partial charge is 0.297 e. The Hall–Kier alpha value is -0.560. The Kier molecular flexibility index (Phi) is 4.23. The lowest BCUT2D eigenvalue weighted by Crippen LogP contribution is -2.38. The van der Waals surface area contributed by atoms with Crippen molar-refractivity contribution in [1.82, 2.24) is 4.90 Å². The summed E-state index contributed by atoms with van der Waals surface area (Å²) in [6.07, 6.45) is 8.28. The minimum Gasteiger partial charge on any atom is -0.297 e. The minimum atomic E-state index is 0.558. The van der Waals surface area contributed by atoms with E-state index in [9.17, 15) is 0 Å². The lowest BCUT2D eigenvalue weighted by atomic mass is 10.0. The van der Waals surface area contributed by atoms with Crippen molar-refractivity contribution in [2.75, 3.05) is 13.1 Å². The van der Waals surface area contributed by atoms with Gasteiger partial charge in [-0.3, -0.25) is 4.90 Å². The second-order valence-electron chi connectivity index (χ2n) is 3.77. The fourth-order valence-electron chi connectivity index (χ4n) is 2.05. The van der Waals surface area contributed by atoms with Gasteiger partial charge in [-0.25, -0.2) is 0 Å². The average molecular weight is 179 g/mol. The van der Waals surface area contributed by atoms with Crippen molar-refractivity contribution >= 4 is 0 Å². The Balaban J connectivity index is 2.53. The maximum atomic E-state index is 3.85. The molecule has 0 spiro atoms. The van der Waals surface area contributed by atoms with Gasteiger partial charge in [-0.15, -0.1) is 0 Å². The Morgan fingerprint density at radius 1 is 1.31 bits per heavy atom. The van der Waals surface area contributed by atoms with E-state index in [4.69, 9.17) is 0 Å². The molecule has 0 radical (unpaired) electrons. The van der Waals surface area contributed by atoms with Crippen molar-refractivity contribution in [2.45, 2.75) is 39.2 Å². The maximum Gasteiger partial charge on any atom is 0.0316 e. The highest BCUT2D eigenvalue weighted by atomic mass is 15.2. The number of rotatable bonds is 3. The molecule has 1 atom stereocenters. The standard InChI is InChI=1S/C12H21N/c1-4-12(5-2)11(3)13-9-7-6-8-10-13/h4-5,11H,1,6-10H2,2-3H3/b12-5+. The van der Waals surface area contributed by atoms with Crippen LogP contribution < -0.4 is 0 Å². The van der Waals surface area contributed by atoms with Crippen LogP contribution in [0, 0.1) is 0 Å². The van der Waals surface area contributed by atoms with E-state index in [1.807, 2.05) is 6.08 Å². The summed E-state index contributed by atoms with van der Waals surface area (Å²) in [5.74, 6) is 0. The maximum absolute atomic E-state index is 3.85. The Morgan fingerprint density at radius 2 is 1.92 bits per heavy atom. The third kappa shape index (κ3) is 2.70. The first-order valence-electron chi connectivity index (χ1n) is 5.32. The number of likely N-dealkylation sites (tertiary alicyclic amines) is 1. The van der Waals surface area contributed by atoms with Crippen LogP contribution in [-0.4, -0.2) is 24.0 Å². The van der Waals surface area contributed by atoms with Gasteiger partial charge in [-0.1, -0.05) is 25.2 Å². The molecule has 1 heteroatoms. The van der Waals surface area contributed by atoms with Crippen molar-refractivity contribution in [1.29, 1.82) is 0 Å². The van der Waals surface area contributed by atoms with Crippen molar-refractivity contribution < 1.29 is 0 Å². The van der Waals surface area contributed by atoms with Crippen LogP contribution in [0.4, 0.5) is 0 Å². The molecule has 1 heterocycles. The van der Waals surface area contributed by atoms with Crippen LogP contribution in [-0.2, 0) is 0 Å². The number of hydrogen-bond donors (Lipinski definition) is 0. The van der Waals surface area contributed by atoms with Gasteiger partial charge in [0.2, 0.25) is 0 Å². The molecule has 0 aromatic heterocycles. The summed E-state index contributed by atoms with van der Waals surface area (Å²) in [4.78, 5) is 2.56. The van der Waals surface area contributed by atoms with Gasteiger partial charge < -0.3 is 0 Å². The summed E-state index contributed by atoms with van der Waals surface area (Å²) in [6.45, 7) is 10.7. The predicted molar refractivity (Wildman–Crippen MR) is 58.8 cm³/mol. The van der Waals surface area contributed by atoms with Gasteiger partial charge in [0, 0.05) is 6.04 Å². The smallest absolute Gasteiger partial charge is 0.0316 e. The molecule has 0 bridgehead atoms. The van der Waals surface area contributed by atoms with Crippen LogP contribution in [0.5, 0.6) is 0 Å². The molecule has 1 fully saturated rings. The molecule has 0 saturated carbocycles. The third-order valence-electron chi connectivity index (χ3n) is 2.99. The van der Waals surface area contributed by atoms with Gasteiger partial charge in [0.1, 0.15) is 0 Å².